The molecule has 6 heteroatoms. The average molecular weight is 293 g/mol. The molecule has 2 unspecified atom stereocenters. The molecule has 19 heavy (non-hydrogen) atoms. The first-order valence-electron chi connectivity index (χ1n) is 6.37. The van der Waals surface area contributed by atoms with Crippen molar-refractivity contribution in [2.45, 2.75) is 37.9 Å². The van der Waals surface area contributed by atoms with Crippen LogP contribution in [-0.2, 0) is 6.18 Å². The quantitative estimate of drug-likeness (QED) is 0.840. The van der Waals surface area contributed by atoms with E-state index < -0.39 is 11.9 Å². The third kappa shape index (κ3) is 3.75. The molecule has 1 fully saturated rings. The third-order valence-corrected chi connectivity index (χ3v) is 3.88. The van der Waals surface area contributed by atoms with Gasteiger partial charge >= 0.3 is 6.18 Å². The van der Waals surface area contributed by atoms with Crippen LogP contribution in [0.5, 0.6) is 0 Å². The van der Waals surface area contributed by atoms with E-state index >= 15 is 0 Å². The molecule has 0 spiro atoms. The molecular formula is C13H16ClF3N2. The van der Waals surface area contributed by atoms with E-state index in [1.165, 1.54) is 6.07 Å². The highest BCUT2D eigenvalue weighted by molar-refractivity contribution is 6.18. The third-order valence-electron chi connectivity index (χ3n) is 3.48. The summed E-state index contributed by atoms with van der Waals surface area (Å²) >= 11 is 5.90. The molecule has 1 saturated carbocycles. The molecule has 1 aliphatic rings. The van der Waals surface area contributed by atoms with Crippen molar-refractivity contribution in [1.82, 2.24) is 4.98 Å². The number of hydrogen-bond donors (Lipinski definition) is 1. The first-order valence-corrected chi connectivity index (χ1v) is 6.91. The van der Waals surface area contributed by atoms with Gasteiger partial charge in [0.2, 0.25) is 0 Å². The van der Waals surface area contributed by atoms with E-state index in [4.69, 9.17) is 11.6 Å². The van der Waals surface area contributed by atoms with Gasteiger partial charge in [0.05, 0.1) is 0 Å². The molecule has 2 nitrogen and oxygen atoms in total. The molecule has 0 aliphatic heterocycles. The van der Waals surface area contributed by atoms with Crippen LogP contribution in [0.3, 0.4) is 0 Å². The van der Waals surface area contributed by atoms with E-state index in [1.54, 1.807) is 6.07 Å². The molecular weight excluding hydrogens is 277 g/mol. The maximum atomic E-state index is 12.6. The van der Waals surface area contributed by atoms with Gasteiger partial charge in [-0.3, -0.25) is 0 Å². The van der Waals surface area contributed by atoms with Crippen molar-refractivity contribution in [3.63, 3.8) is 0 Å². The van der Waals surface area contributed by atoms with E-state index in [2.05, 4.69) is 10.3 Å². The van der Waals surface area contributed by atoms with Gasteiger partial charge in [-0.2, -0.15) is 13.2 Å². The lowest BCUT2D eigenvalue weighted by Gasteiger charge is -2.31. The van der Waals surface area contributed by atoms with Crippen molar-refractivity contribution in [2.24, 2.45) is 5.92 Å². The average Bonchev–Trinajstić information content (AvgIpc) is 2.39. The summed E-state index contributed by atoms with van der Waals surface area (Å²) in [7, 11) is 0. The summed E-state index contributed by atoms with van der Waals surface area (Å²) in [5.74, 6) is 1.10. The Labute approximate surface area is 115 Å². The number of nitrogens with one attached hydrogen (secondary N) is 1. The van der Waals surface area contributed by atoms with Gasteiger partial charge in [0.1, 0.15) is 11.5 Å². The number of aromatic nitrogens is 1. The van der Waals surface area contributed by atoms with E-state index in [9.17, 15) is 13.2 Å². The summed E-state index contributed by atoms with van der Waals surface area (Å²) in [4.78, 5) is 3.63. The van der Waals surface area contributed by atoms with Crippen LogP contribution in [0.1, 0.15) is 31.4 Å². The van der Waals surface area contributed by atoms with Gasteiger partial charge in [-0.25, -0.2) is 4.98 Å². The number of rotatable bonds is 3. The minimum Gasteiger partial charge on any atom is -0.367 e. The number of nitrogens with zero attached hydrogens (tertiary/aromatic N) is 1. The van der Waals surface area contributed by atoms with Gasteiger partial charge in [-0.05, 0) is 30.9 Å². The van der Waals surface area contributed by atoms with Crippen molar-refractivity contribution in [1.29, 1.82) is 0 Å². The van der Waals surface area contributed by atoms with Crippen molar-refractivity contribution in [3.05, 3.63) is 23.9 Å². The Balaban J connectivity index is 2.10. The number of hydrogen-bond acceptors (Lipinski definition) is 2. The van der Waals surface area contributed by atoms with Gasteiger partial charge in [-0.15, -0.1) is 11.6 Å². The van der Waals surface area contributed by atoms with Crippen molar-refractivity contribution in [3.8, 4) is 0 Å². The predicted molar refractivity (Wildman–Crippen MR) is 69.3 cm³/mol. The molecule has 2 atom stereocenters. The minimum atomic E-state index is -4.41. The van der Waals surface area contributed by atoms with Crippen molar-refractivity contribution in [2.75, 3.05) is 11.2 Å². The summed E-state index contributed by atoms with van der Waals surface area (Å²) in [6.45, 7) is 0. The zero-order chi connectivity index (χ0) is 13.9. The van der Waals surface area contributed by atoms with Gasteiger partial charge in [0, 0.05) is 11.9 Å². The topological polar surface area (TPSA) is 24.9 Å². The SMILES string of the molecule is FC(F)(F)c1cccc(NC2CCCCC2CCl)n1. The van der Waals surface area contributed by atoms with Crippen LogP contribution < -0.4 is 5.32 Å². The fourth-order valence-electron chi connectivity index (χ4n) is 2.45. The lowest BCUT2D eigenvalue weighted by atomic mass is 9.86. The number of pyridine rings is 1. The Bertz CT molecular complexity index is 423. The van der Waals surface area contributed by atoms with Crippen LogP contribution in [0.15, 0.2) is 18.2 Å². The largest absolute Gasteiger partial charge is 0.433 e. The van der Waals surface area contributed by atoms with E-state index in [-0.39, 0.29) is 11.9 Å². The monoisotopic (exact) mass is 292 g/mol. The lowest BCUT2D eigenvalue weighted by Crippen LogP contribution is -2.33. The molecule has 1 aromatic rings. The fourth-order valence-corrected chi connectivity index (χ4v) is 2.81. The Hall–Kier alpha value is -0.970. The summed E-state index contributed by atoms with van der Waals surface area (Å²) in [6.07, 6.45) is -0.263. The first kappa shape index (κ1) is 14.4. The van der Waals surface area contributed by atoms with Gasteiger partial charge in [0.15, 0.2) is 0 Å². The van der Waals surface area contributed by atoms with Crippen LogP contribution in [0.4, 0.5) is 19.0 Å². The van der Waals surface area contributed by atoms with Crippen LogP contribution in [-0.4, -0.2) is 16.9 Å². The zero-order valence-electron chi connectivity index (χ0n) is 10.4. The maximum absolute atomic E-state index is 12.6. The van der Waals surface area contributed by atoms with E-state index in [0.717, 1.165) is 31.7 Å². The second-order valence-electron chi connectivity index (χ2n) is 4.86. The number of alkyl halides is 4. The Kier molecular flexibility index (Phi) is 4.55. The van der Waals surface area contributed by atoms with Crippen molar-refractivity contribution >= 4 is 17.4 Å². The van der Waals surface area contributed by atoms with Gasteiger partial charge < -0.3 is 5.32 Å². The van der Waals surface area contributed by atoms with Crippen LogP contribution >= 0.6 is 11.6 Å². The van der Waals surface area contributed by atoms with Crippen LogP contribution in [0.25, 0.3) is 0 Å². The standard InChI is InChI=1S/C13H16ClF3N2/c14-8-9-4-1-2-5-10(9)18-12-7-3-6-11(19-12)13(15,16)17/h3,6-7,9-10H,1-2,4-5,8H2,(H,18,19). The predicted octanol–water partition coefficient (Wildman–Crippen LogP) is 4.31. The summed E-state index contributed by atoms with van der Waals surface area (Å²) in [5, 5.41) is 3.10. The van der Waals surface area contributed by atoms with E-state index in [1.807, 2.05) is 0 Å². The Morgan fingerprint density at radius 3 is 2.68 bits per heavy atom. The first-order chi connectivity index (χ1) is 9.00. The molecule has 106 valence electrons. The molecule has 1 heterocycles. The Morgan fingerprint density at radius 1 is 1.26 bits per heavy atom. The smallest absolute Gasteiger partial charge is 0.367 e. The fraction of sp³-hybridized carbons (Fsp3) is 0.615. The molecule has 0 aromatic carbocycles. The zero-order valence-corrected chi connectivity index (χ0v) is 11.1. The molecule has 1 N–H and O–H groups in total. The van der Waals surface area contributed by atoms with Gasteiger partial charge in [-0.1, -0.05) is 18.9 Å². The highest BCUT2D eigenvalue weighted by Crippen LogP contribution is 2.30. The summed E-state index contributed by atoms with van der Waals surface area (Å²) in [5.41, 5.74) is -0.865. The molecule has 0 bridgehead atoms. The molecule has 0 radical (unpaired) electrons. The maximum Gasteiger partial charge on any atom is 0.433 e. The molecule has 1 aromatic heterocycles. The molecule has 2 rings (SSSR count). The second kappa shape index (κ2) is 5.99. The normalized spacial score (nSPS) is 24.2. The highest BCUT2D eigenvalue weighted by Gasteiger charge is 2.33. The second-order valence-corrected chi connectivity index (χ2v) is 5.16. The van der Waals surface area contributed by atoms with Gasteiger partial charge in [0.25, 0.3) is 0 Å². The minimum absolute atomic E-state index is 0.113. The molecule has 0 saturated heterocycles. The van der Waals surface area contributed by atoms with Crippen LogP contribution in [0.2, 0.25) is 0 Å². The molecule has 1 aliphatic carbocycles. The van der Waals surface area contributed by atoms with Crippen molar-refractivity contribution < 1.29 is 13.2 Å². The highest BCUT2D eigenvalue weighted by atomic mass is 35.5. The Morgan fingerprint density at radius 2 is 2.00 bits per heavy atom. The van der Waals surface area contributed by atoms with E-state index in [0.29, 0.717) is 11.8 Å². The number of anilines is 1. The van der Waals surface area contributed by atoms with Crippen LogP contribution in [0, 0.1) is 5.92 Å². The molecule has 0 amide bonds. The summed E-state index contributed by atoms with van der Waals surface area (Å²) in [6, 6.07) is 4.03. The number of halogens is 4. The lowest BCUT2D eigenvalue weighted by molar-refractivity contribution is -0.141. The summed E-state index contributed by atoms with van der Waals surface area (Å²) < 4.78 is 37.7.